The Bertz CT molecular complexity index is 1690. The lowest BCUT2D eigenvalue weighted by Gasteiger charge is -2.24. The zero-order valence-electron chi connectivity index (χ0n) is 55.6. The van der Waals surface area contributed by atoms with Crippen molar-refractivity contribution < 1.29 is 42.1 Å². The third kappa shape index (κ3) is 68.3. The Hall–Kier alpha value is -2.81. The molecule has 0 heterocycles. The van der Waals surface area contributed by atoms with Gasteiger partial charge in [-0.25, -0.2) is 4.57 Å². The average molecular weight is 1200 g/mol. The molecule has 0 saturated heterocycles. The normalized spacial score (nSPS) is 13.6. The minimum absolute atomic E-state index is 0.0306. The van der Waals surface area contributed by atoms with Crippen molar-refractivity contribution in [3.8, 4) is 0 Å². The smallest absolute Gasteiger partial charge is 0.462 e. The summed E-state index contributed by atoms with van der Waals surface area (Å²) in [5.41, 5.74) is 0. The molecule has 0 aromatic carbocycles. The first-order valence-corrected chi connectivity index (χ1v) is 36.8. The molecule has 2 atom stereocenters. The van der Waals surface area contributed by atoms with E-state index in [1.807, 2.05) is 21.1 Å². The Morgan fingerprint density at radius 3 is 1.01 bits per heavy atom. The fourth-order valence-electron chi connectivity index (χ4n) is 10.0. The molecule has 0 saturated carbocycles. The highest BCUT2D eigenvalue weighted by molar-refractivity contribution is 7.47. The molecule has 0 radical (unpaired) electrons. The summed E-state index contributed by atoms with van der Waals surface area (Å²) >= 11 is 0. The molecule has 0 aliphatic carbocycles. The van der Waals surface area contributed by atoms with Gasteiger partial charge in [-0.1, -0.05) is 304 Å². The number of nitrogens with zero attached hydrogens (tertiary/aromatic N) is 1. The Morgan fingerprint density at radius 2 is 0.679 bits per heavy atom. The van der Waals surface area contributed by atoms with Gasteiger partial charge in [0.15, 0.2) is 6.10 Å². The van der Waals surface area contributed by atoms with Crippen LogP contribution in [0.5, 0.6) is 0 Å². The fourth-order valence-corrected chi connectivity index (χ4v) is 10.8. The number of esters is 2. The summed E-state index contributed by atoms with van der Waals surface area (Å²) in [6.45, 7) is 4.35. The Labute approximate surface area is 520 Å². The number of carbonyl (C=O) groups excluding carboxylic acids is 2. The van der Waals surface area contributed by atoms with Crippen LogP contribution >= 0.6 is 7.82 Å². The number of phosphoric acid groups is 1. The van der Waals surface area contributed by atoms with Crippen LogP contribution in [0, 0.1) is 0 Å². The first-order chi connectivity index (χ1) is 41.0. The van der Waals surface area contributed by atoms with E-state index in [1.54, 1.807) is 0 Å². The molecule has 0 aromatic rings. The number of rotatable bonds is 65. The second kappa shape index (κ2) is 64.7. The molecule has 1 N–H and O–H groups in total. The molecule has 0 aliphatic rings. The van der Waals surface area contributed by atoms with Crippen LogP contribution in [-0.2, 0) is 32.7 Å². The van der Waals surface area contributed by atoms with Gasteiger partial charge in [0, 0.05) is 12.8 Å². The van der Waals surface area contributed by atoms with Gasteiger partial charge in [-0.05, 0) is 89.9 Å². The number of phosphoric ester groups is 1. The lowest BCUT2D eigenvalue weighted by atomic mass is 10.0. The van der Waals surface area contributed by atoms with E-state index in [-0.39, 0.29) is 32.0 Å². The van der Waals surface area contributed by atoms with Crippen LogP contribution in [0.1, 0.15) is 322 Å². The van der Waals surface area contributed by atoms with E-state index in [0.29, 0.717) is 17.4 Å². The van der Waals surface area contributed by atoms with Crippen molar-refractivity contribution in [3.63, 3.8) is 0 Å². The van der Waals surface area contributed by atoms with E-state index in [1.165, 1.54) is 218 Å². The second-order valence-corrected chi connectivity index (χ2v) is 26.3. The van der Waals surface area contributed by atoms with E-state index < -0.39 is 26.5 Å². The van der Waals surface area contributed by atoms with Crippen molar-refractivity contribution in [1.82, 2.24) is 0 Å². The molecule has 0 aliphatic heterocycles. The number of hydrogen-bond donors (Lipinski definition) is 1. The number of hydrogen-bond acceptors (Lipinski definition) is 7. The highest BCUT2D eigenvalue weighted by Crippen LogP contribution is 2.43. The largest absolute Gasteiger partial charge is 0.472 e. The molecule has 84 heavy (non-hydrogen) atoms. The third-order valence-corrected chi connectivity index (χ3v) is 16.4. The van der Waals surface area contributed by atoms with E-state index in [4.69, 9.17) is 18.5 Å². The van der Waals surface area contributed by atoms with Crippen LogP contribution in [0.25, 0.3) is 0 Å². The number of carbonyl (C=O) groups is 2. The summed E-state index contributed by atoms with van der Waals surface area (Å²) in [5.74, 6) is -0.788. The predicted molar refractivity (Wildman–Crippen MR) is 362 cm³/mol. The molecule has 2 unspecified atom stereocenters. The Balaban J connectivity index is 4.02. The van der Waals surface area contributed by atoms with Crippen LogP contribution in [0.4, 0.5) is 0 Å². The lowest BCUT2D eigenvalue weighted by molar-refractivity contribution is -0.870. The molecule has 0 bridgehead atoms. The van der Waals surface area contributed by atoms with Crippen LogP contribution in [0.15, 0.2) is 85.1 Å². The quantitative estimate of drug-likeness (QED) is 0.0211. The van der Waals surface area contributed by atoms with Crippen LogP contribution in [0.2, 0.25) is 0 Å². The SMILES string of the molecule is CC/C=C\C/C=C\C/C=C\C/C=C\CCCCCCCCCCCCCCCCCCCCCCC(=O)OC(COC(=O)CCCCCCCCCCCCCC/C=C\C/C=C\C/C=C\CCCCCCC)COP(=O)(O)OCC[N+](C)(C)C. The topological polar surface area (TPSA) is 108 Å². The first kappa shape index (κ1) is 81.2. The summed E-state index contributed by atoms with van der Waals surface area (Å²) in [7, 11) is 1.48. The highest BCUT2D eigenvalue weighted by Gasteiger charge is 2.27. The Kier molecular flexibility index (Phi) is 62.5. The number of allylic oxidation sites excluding steroid dienone is 14. The second-order valence-electron chi connectivity index (χ2n) is 24.9. The van der Waals surface area contributed by atoms with Gasteiger partial charge in [0.05, 0.1) is 27.7 Å². The van der Waals surface area contributed by atoms with E-state index >= 15 is 0 Å². The molecule has 0 aromatic heterocycles. The zero-order chi connectivity index (χ0) is 61.2. The van der Waals surface area contributed by atoms with Crippen molar-refractivity contribution in [2.75, 3.05) is 47.5 Å². The van der Waals surface area contributed by atoms with Gasteiger partial charge < -0.3 is 18.9 Å². The number of likely N-dealkylation sites (N-methyl/N-ethyl adjacent to an activating group) is 1. The standard InChI is InChI=1S/C74H134NO8P/c1-6-8-10-12-14-16-18-20-22-24-26-28-30-32-34-35-36-37-38-39-41-43-45-47-49-51-53-55-57-59-61-63-65-67-74(77)83-72(71-82-84(78,79)81-69-68-75(3,4)5)70-80-73(76)66-64-62-60-58-56-54-52-50-48-46-44-42-40-33-31-29-27-25-23-21-19-17-15-13-11-9-7-2/h8,10,14,16,19-22,25-28,31,33,72H,6-7,9,11-13,15,17-18,23-24,29-30,32,34-71H2,1-5H3/p+1/b10-8-,16-14-,21-19-,22-20-,27-25-,28-26-,33-31-. The van der Waals surface area contributed by atoms with E-state index in [0.717, 1.165) is 70.6 Å². The molecule has 488 valence electrons. The number of ether oxygens (including phenoxy) is 2. The average Bonchev–Trinajstić information content (AvgIpc) is 3.61. The van der Waals surface area contributed by atoms with Crippen LogP contribution in [-0.4, -0.2) is 74.9 Å². The summed E-state index contributed by atoms with van der Waals surface area (Å²) in [6, 6.07) is 0. The van der Waals surface area contributed by atoms with E-state index in [2.05, 4.69) is 98.9 Å². The van der Waals surface area contributed by atoms with Gasteiger partial charge in [-0.2, -0.15) is 0 Å². The molecule has 0 spiro atoms. The Morgan fingerprint density at radius 1 is 0.381 bits per heavy atom. The molecular weight excluding hydrogens is 1060 g/mol. The van der Waals surface area contributed by atoms with E-state index in [9.17, 15) is 19.0 Å². The minimum Gasteiger partial charge on any atom is -0.462 e. The van der Waals surface area contributed by atoms with Gasteiger partial charge in [-0.3, -0.25) is 18.6 Å². The fraction of sp³-hybridized carbons (Fsp3) is 0.784. The number of quaternary nitrogens is 1. The molecular formula is C74H135NO8P+. The maximum absolute atomic E-state index is 12.9. The molecule has 9 nitrogen and oxygen atoms in total. The van der Waals surface area contributed by atoms with Gasteiger partial charge >= 0.3 is 19.8 Å². The van der Waals surface area contributed by atoms with Crippen molar-refractivity contribution in [1.29, 1.82) is 0 Å². The highest BCUT2D eigenvalue weighted by atomic mass is 31.2. The maximum atomic E-state index is 12.9. The monoisotopic (exact) mass is 1200 g/mol. The summed E-state index contributed by atoms with van der Waals surface area (Å²) in [5, 5.41) is 0. The molecule has 0 amide bonds. The third-order valence-electron chi connectivity index (χ3n) is 15.4. The first-order valence-electron chi connectivity index (χ1n) is 35.3. The van der Waals surface area contributed by atoms with Crippen LogP contribution in [0.3, 0.4) is 0 Å². The molecule has 0 fully saturated rings. The predicted octanol–water partition coefficient (Wildman–Crippen LogP) is 22.9. The maximum Gasteiger partial charge on any atom is 0.472 e. The zero-order valence-corrected chi connectivity index (χ0v) is 56.5. The molecule has 10 heteroatoms. The minimum atomic E-state index is -4.39. The number of unbranched alkanes of at least 4 members (excludes halogenated alkanes) is 37. The van der Waals surface area contributed by atoms with Crippen molar-refractivity contribution >= 4 is 19.8 Å². The summed E-state index contributed by atoms with van der Waals surface area (Å²) < 4.78 is 34.7. The summed E-state index contributed by atoms with van der Waals surface area (Å²) in [4.78, 5) is 35.9. The lowest BCUT2D eigenvalue weighted by Crippen LogP contribution is -2.37. The van der Waals surface area contributed by atoms with Crippen molar-refractivity contribution in [2.24, 2.45) is 0 Å². The van der Waals surface area contributed by atoms with Crippen molar-refractivity contribution in [2.45, 2.75) is 328 Å². The van der Waals surface area contributed by atoms with Gasteiger partial charge in [0.25, 0.3) is 0 Å². The van der Waals surface area contributed by atoms with Gasteiger partial charge in [-0.15, -0.1) is 0 Å². The van der Waals surface area contributed by atoms with Crippen LogP contribution < -0.4 is 0 Å². The van der Waals surface area contributed by atoms with Gasteiger partial charge in [0.1, 0.15) is 19.8 Å². The van der Waals surface area contributed by atoms with Crippen molar-refractivity contribution in [3.05, 3.63) is 85.1 Å². The summed E-state index contributed by atoms with van der Waals surface area (Å²) in [6.07, 6.45) is 88.3. The molecule has 0 rings (SSSR count). The van der Waals surface area contributed by atoms with Gasteiger partial charge in [0.2, 0.25) is 0 Å².